The Balaban J connectivity index is 2.25. The molecule has 2 aromatic rings. The summed E-state index contributed by atoms with van der Waals surface area (Å²) in [5, 5.41) is 10.0. The summed E-state index contributed by atoms with van der Waals surface area (Å²) in [6.45, 7) is 0.565. The van der Waals surface area contributed by atoms with Crippen LogP contribution in [0.4, 0.5) is 0 Å². The highest BCUT2D eigenvalue weighted by atomic mass is 32.1. The topological polar surface area (TPSA) is 59.6 Å². The van der Waals surface area contributed by atoms with Gasteiger partial charge in [-0.25, -0.2) is 0 Å². The highest BCUT2D eigenvalue weighted by molar-refractivity contribution is 7.71. The molecule has 0 aliphatic heterocycles. The normalized spacial score (nSPS) is 10.3. The lowest BCUT2D eigenvalue weighted by Crippen LogP contribution is -1.96. The third kappa shape index (κ3) is 1.28. The molecule has 2 heterocycles. The fourth-order valence-electron chi connectivity index (χ4n) is 0.875. The number of nitrogens with zero attached hydrogens (tertiary/aromatic N) is 3. The summed E-state index contributed by atoms with van der Waals surface area (Å²) in [6.07, 6.45) is 3.21. The van der Waals surface area contributed by atoms with E-state index in [2.05, 4.69) is 15.4 Å². The minimum atomic E-state index is 0.565. The van der Waals surface area contributed by atoms with E-state index in [1.54, 1.807) is 23.2 Å². The predicted molar refractivity (Wildman–Crippen MR) is 43.0 cm³/mol. The van der Waals surface area contributed by atoms with Crippen molar-refractivity contribution in [3.63, 3.8) is 0 Å². The number of aromatic amines is 1. The summed E-state index contributed by atoms with van der Waals surface area (Å²) in [6, 6.07) is 1.79. The average Bonchev–Trinajstić information content (AvgIpc) is 2.65. The van der Waals surface area contributed by atoms with Crippen molar-refractivity contribution in [3.8, 4) is 0 Å². The first kappa shape index (κ1) is 7.23. The Hall–Kier alpha value is -1.43. The molecule has 0 radical (unpaired) electrons. The molecular formula is C6H6N4OS. The molecule has 0 spiro atoms. The van der Waals surface area contributed by atoms with Gasteiger partial charge in [-0.05, 0) is 12.2 Å². The van der Waals surface area contributed by atoms with Gasteiger partial charge >= 0.3 is 0 Å². The van der Waals surface area contributed by atoms with Crippen molar-refractivity contribution in [2.75, 3.05) is 0 Å². The van der Waals surface area contributed by atoms with Gasteiger partial charge in [0, 0.05) is 6.07 Å². The van der Waals surface area contributed by atoms with Gasteiger partial charge in [0.05, 0.1) is 12.7 Å². The van der Waals surface area contributed by atoms with Gasteiger partial charge in [-0.1, -0.05) is 5.16 Å². The van der Waals surface area contributed by atoms with Crippen LogP contribution in [0.25, 0.3) is 0 Å². The van der Waals surface area contributed by atoms with Crippen LogP contribution in [0.1, 0.15) is 5.76 Å². The first-order chi connectivity index (χ1) is 5.86. The molecule has 6 heteroatoms. The number of H-pyrrole nitrogens is 1. The molecule has 0 amide bonds. The third-order valence-electron chi connectivity index (χ3n) is 1.44. The molecule has 0 unspecified atom stereocenters. The van der Waals surface area contributed by atoms with Crippen molar-refractivity contribution in [2.24, 2.45) is 0 Å². The summed E-state index contributed by atoms with van der Waals surface area (Å²) in [5.41, 5.74) is 0. The van der Waals surface area contributed by atoms with E-state index in [-0.39, 0.29) is 0 Å². The van der Waals surface area contributed by atoms with Gasteiger partial charge in [-0.15, -0.1) is 0 Å². The maximum atomic E-state index is 4.94. The van der Waals surface area contributed by atoms with Crippen LogP contribution < -0.4 is 0 Å². The molecule has 0 bridgehead atoms. The number of aromatic nitrogens is 4. The van der Waals surface area contributed by atoms with Gasteiger partial charge in [0.25, 0.3) is 0 Å². The zero-order valence-electron chi connectivity index (χ0n) is 6.10. The maximum absolute atomic E-state index is 4.94. The zero-order valence-corrected chi connectivity index (χ0v) is 6.91. The molecule has 0 aromatic carbocycles. The number of hydrogen-bond donors (Lipinski definition) is 1. The van der Waals surface area contributed by atoms with Crippen molar-refractivity contribution in [2.45, 2.75) is 6.54 Å². The van der Waals surface area contributed by atoms with E-state index in [0.717, 1.165) is 5.76 Å². The summed E-state index contributed by atoms with van der Waals surface area (Å²) in [5.74, 6) is 0.757. The van der Waals surface area contributed by atoms with Crippen LogP contribution in [0.3, 0.4) is 0 Å². The van der Waals surface area contributed by atoms with Crippen LogP contribution >= 0.6 is 12.2 Å². The molecule has 12 heavy (non-hydrogen) atoms. The predicted octanol–water partition coefficient (Wildman–Crippen LogP) is 0.977. The second-order valence-corrected chi connectivity index (χ2v) is 2.65. The molecule has 5 nitrogen and oxygen atoms in total. The zero-order chi connectivity index (χ0) is 8.39. The van der Waals surface area contributed by atoms with Crippen molar-refractivity contribution in [1.29, 1.82) is 0 Å². The molecule has 2 rings (SSSR count). The summed E-state index contributed by atoms with van der Waals surface area (Å²) in [7, 11) is 0. The first-order valence-electron chi connectivity index (χ1n) is 3.35. The second-order valence-electron chi connectivity index (χ2n) is 2.27. The minimum Gasteiger partial charge on any atom is -0.359 e. The molecule has 0 saturated heterocycles. The largest absolute Gasteiger partial charge is 0.359 e. The van der Waals surface area contributed by atoms with Gasteiger partial charge in [0.15, 0.2) is 10.5 Å². The van der Waals surface area contributed by atoms with E-state index in [1.807, 2.05) is 0 Å². The molecule has 0 aliphatic rings. The standard InChI is InChI=1S/C6H6N4OS/c12-6-9-7-4-10(6)3-5-1-2-8-11-5/h1-2,4H,3H2,(H,9,12). The Kier molecular flexibility index (Phi) is 1.75. The van der Waals surface area contributed by atoms with Gasteiger partial charge in [-0.3, -0.25) is 9.67 Å². The Morgan fingerprint density at radius 2 is 2.58 bits per heavy atom. The van der Waals surface area contributed by atoms with Crippen LogP contribution in [-0.2, 0) is 6.54 Å². The van der Waals surface area contributed by atoms with E-state index in [9.17, 15) is 0 Å². The van der Waals surface area contributed by atoms with Crippen molar-refractivity contribution in [1.82, 2.24) is 19.9 Å². The van der Waals surface area contributed by atoms with E-state index in [4.69, 9.17) is 16.7 Å². The summed E-state index contributed by atoms with van der Waals surface area (Å²) < 4.78 is 7.24. The fourth-order valence-corrected chi connectivity index (χ4v) is 1.04. The van der Waals surface area contributed by atoms with Gasteiger partial charge in [-0.2, -0.15) is 5.10 Å². The van der Waals surface area contributed by atoms with E-state index in [0.29, 0.717) is 11.3 Å². The summed E-state index contributed by atoms with van der Waals surface area (Å²) >= 11 is 4.94. The highest BCUT2D eigenvalue weighted by Gasteiger charge is 1.99. The molecule has 0 saturated carbocycles. The van der Waals surface area contributed by atoms with Crippen LogP contribution in [-0.4, -0.2) is 19.9 Å². The van der Waals surface area contributed by atoms with Gasteiger partial charge in [0.1, 0.15) is 6.33 Å². The lowest BCUT2D eigenvalue weighted by atomic mass is 10.4. The number of nitrogens with one attached hydrogen (secondary N) is 1. The van der Waals surface area contributed by atoms with Crippen LogP contribution in [0.5, 0.6) is 0 Å². The lowest BCUT2D eigenvalue weighted by molar-refractivity contribution is 0.376. The molecule has 0 atom stereocenters. The second kappa shape index (κ2) is 2.90. The first-order valence-corrected chi connectivity index (χ1v) is 3.76. The van der Waals surface area contributed by atoms with Crippen LogP contribution in [0, 0.1) is 4.77 Å². The lowest BCUT2D eigenvalue weighted by Gasteiger charge is -1.93. The van der Waals surface area contributed by atoms with Crippen molar-refractivity contribution >= 4 is 12.2 Å². The highest BCUT2D eigenvalue weighted by Crippen LogP contribution is 2.00. The molecule has 0 fully saturated rings. The Morgan fingerprint density at radius 1 is 1.67 bits per heavy atom. The monoisotopic (exact) mass is 182 g/mol. The Bertz CT molecular complexity index is 401. The molecule has 1 N–H and O–H groups in total. The SMILES string of the molecule is S=c1[nH]ncn1Cc1ccno1. The van der Waals surface area contributed by atoms with E-state index < -0.39 is 0 Å². The number of rotatable bonds is 2. The van der Waals surface area contributed by atoms with Crippen molar-refractivity contribution in [3.05, 3.63) is 29.1 Å². The summed E-state index contributed by atoms with van der Waals surface area (Å²) in [4.78, 5) is 0. The smallest absolute Gasteiger partial charge is 0.195 e. The van der Waals surface area contributed by atoms with Crippen molar-refractivity contribution < 1.29 is 4.52 Å². The fraction of sp³-hybridized carbons (Fsp3) is 0.167. The minimum absolute atomic E-state index is 0.565. The van der Waals surface area contributed by atoms with Crippen LogP contribution in [0.2, 0.25) is 0 Å². The average molecular weight is 182 g/mol. The van der Waals surface area contributed by atoms with Gasteiger partial charge in [0.2, 0.25) is 0 Å². The molecule has 2 aromatic heterocycles. The Labute approximate surface area is 73.0 Å². The van der Waals surface area contributed by atoms with Crippen LogP contribution in [0.15, 0.2) is 23.1 Å². The molecule has 62 valence electrons. The van der Waals surface area contributed by atoms with Gasteiger partial charge < -0.3 is 4.52 Å². The number of hydrogen-bond acceptors (Lipinski definition) is 4. The maximum Gasteiger partial charge on any atom is 0.195 e. The quantitative estimate of drug-likeness (QED) is 0.703. The molecular weight excluding hydrogens is 176 g/mol. The molecule has 0 aliphatic carbocycles. The van der Waals surface area contributed by atoms with E-state index in [1.165, 1.54) is 0 Å². The van der Waals surface area contributed by atoms with E-state index >= 15 is 0 Å². The third-order valence-corrected chi connectivity index (χ3v) is 1.76. The Morgan fingerprint density at radius 3 is 3.17 bits per heavy atom.